The number of carboxylic acids is 1. The molecule has 0 saturated heterocycles. The lowest BCUT2D eigenvalue weighted by Gasteiger charge is -2.28. The molecular formula is C27H32N2O5S2. The molecular weight excluding hydrogens is 496 g/mol. The third kappa shape index (κ3) is 6.53. The number of hydrogen-bond donors (Lipinski definition) is 1. The Morgan fingerprint density at radius 2 is 1.81 bits per heavy atom. The highest BCUT2D eigenvalue weighted by Gasteiger charge is 2.31. The zero-order valence-corrected chi connectivity index (χ0v) is 23.0. The number of carboxylic acid groups (broad SMARTS) is 1. The van der Waals surface area contributed by atoms with Crippen LogP contribution >= 0.6 is 11.3 Å². The molecule has 9 heteroatoms. The number of rotatable bonds is 10. The number of aliphatic carboxylic acids is 1. The van der Waals surface area contributed by atoms with Crippen molar-refractivity contribution in [1.82, 2.24) is 4.98 Å². The predicted octanol–water partition coefficient (Wildman–Crippen LogP) is 5.90. The lowest BCUT2D eigenvalue weighted by atomic mass is 10.0. The highest BCUT2D eigenvalue weighted by molar-refractivity contribution is 7.94. The summed E-state index contributed by atoms with van der Waals surface area (Å²) < 4.78 is 35.1. The average Bonchev–Trinajstić information content (AvgIpc) is 3.24. The topological polar surface area (TPSA) is 96.8 Å². The van der Waals surface area contributed by atoms with Gasteiger partial charge in [-0.05, 0) is 79.6 Å². The number of sulfonamides is 1. The second-order valence-corrected chi connectivity index (χ2v) is 12.1. The molecule has 1 heterocycles. The Hall–Kier alpha value is -3.17. The van der Waals surface area contributed by atoms with E-state index >= 15 is 0 Å². The van der Waals surface area contributed by atoms with Crippen molar-refractivity contribution in [1.29, 1.82) is 0 Å². The molecule has 1 N–H and O–H groups in total. The van der Waals surface area contributed by atoms with Crippen molar-refractivity contribution in [3.8, 4) is 5.75 Å². The maximum absolute atomic E-state index is 13.7. The van der Waals surface area contributed by atoms with Crippen LogP contribution in [0.4, 0.5) is 5.69 Å². The number of ether oxygens (including phenoxy) is 1. The van der Waals surface area contributed by atoms with Crippen LogP contribution in [0.3, 0.4) is 0 Å². The molecule has 0 aliphatic carbocycles. The monoisotopic (exact) mass is 528 g/mol. The van der Waals surface area contributed by atoms with Gasteiger partial charge in [-0.1, -0.05) is 32.0 Å². The molecule has 0 unspecified atom stereocenters. The number of anilines is 1. The molecule has 36 heavy (non-hydrogen) atoms. The van der Waals surface area contributed by atoms with Crippen molar-refractivity contribution in [2.75, 3.05) is 10.8 Å². The van der Waals surface area contributed by atoms with E-state index in [1.54, 1.807) is 12.3 Å². The largest absolute Gasteiger partial charge is 0.487 e. The normalized spacial score (nSPS) is 11.9. The fourth-order valence-electron chi connectivity index (χ4n) is 3.60. The van der Waals surface area contributed by atoms with Crippen molar-refractivity contribution in [3.63, 3.8) is 0 Å². The van der Waals surface area contributed by atoms with Crippen molar-refractivity contribution >= 4 is 39.1 Å². The molecule has 2 aromatic carbocycles. The Kier molecular flexibility index (Phi) is 8.58. The number of aromatic nitrogens is 1. The van der Waals surface area contributed by atoms with Gasteiger partial charge in [-0.25, -0.2) is 9.78 Å². The quantitative estimate of drug-likeness (QED) is 0.329. The maximum Gasteiger partial charge on any atom is 0.328 e. The van der Waals surface area contributed by atoms with Gasteiger partial charge in [0.1, 0.15) is 12.4 Å². The Morgan fingerprint density at radius 3 is 2.39 bits per heavy atom. The third-order valence-electron chi connectivity index (χ3n) is 5.65. The van der Waals surface area contributed by atoms with E-state index in [9.17, 15) is 13.2 Å². The first kappa shape index (κ1) is 27.4. The lowest BCUT2D eigenvalue weighted by molar-refractivity contribution is -0.131. The summed E-state index contributed by atoms with van der Waals surface area (Å²) in [5.74, 6) is -0.454. The highest BCUT2D eigenvalue weighted by Crippen LogP contribution is 2.37. The SMILES string of the molecule is Cc1csc(S(=O)(=O)N(CC(C)C)c2cc(C)c(C)cc2OCc2ccc(/C=C/C(=O)O)cc2C)n1. The van der Waals surface area contributed by atoms with E-state index < -0.39 is 16.0 Å². The molecule has 0 bridgehead atoms. The summed E-state index contributed by atoms with van der Waals surface area (Å²) in [6, 6.07) is 9.34. The molecule has 0 spiro atoms. The van der Waals surface area contributed by atoms with Gasteiger partial charge in [0, 0.05) is 23.7 Å². The minimum absolute atomic E-state index is 0.0608. The zero-order valence-electron chi connectivity index (χ0n) is 21.4. The van der Waals surface area contributed by atoms with Gasteiger partial charge < -0.3 is 9.84 Å². The fourth-order valence-corrected chi connectivity index (χ4v) is 6.36. The van der Waals surface area contributed by atoms with E-state index in [4.69, 9.17) is 9.84 Å². The predicted molar refractivity (Wildman–Crippen MR) is 144 cm³/mol. The second kappa shape index (κ2) is 11.3. The van der Waals surface area contributed by atoms with Crippen molar-refractivity contribution in [2.24, 2.45) is 5.92 Å². The molecule has 0 amide bonds. The molecule has 0 aliphatic heterocycles. The first-order valence-corrected chi connectivity index (χ1v) is 13.9. The van der Waals surface area contributed by atoms with Gasteiger partial charge >= 0.3 is 5.97 Å². The molecule has 192 valence electrons. The highest BCUT2D eigenvalue weighted by atomic mass is 32.2. The van der Waals surface area contributed by atoms with Crippen molar-refractivity contribution in [3.05, 3.63) is 75.3 Å². The van der Waals surface area contributed by atoms with E-state index in [2.05, 4.69) is 4.98 Å². The second-order valence-electron chi connectivity index (χ2n) is 9.24. The summed E-state index contributed by atoms with van der Waals surface area (Å²) in [6.45, 7) is 12.1. The molecule has 7 nitrogen and oxygen atoms in total. The summed E-state index contributed by atoms with van der Waals surface area (Å²) >= 11 is 1.12. The van der Waals surface area contributed by atoms with Gasteiger partial charge in [0.15, 0.2) is 0 Å². The van der Waals surface area contributed by atoms with Crippen LogP contribution in [-0.2, 0) is 21.4 Å². The molecule has 3 aromatic rings. The first-order chi connectivity index (χ1) is 16.9. The van der Waals surface area contributed by atoms with E-state index in [0.717, 1.165) is 45.2 Å². The summed E-state index contributed by atoms with van der Waals surface area (Å²) in [6.07, 6.45) is 2.64. The molecule has 0 aliphatic rings. The number of thiazole rings is 1. The van der Waals surface area contributed by atoms with Gasteiger partial charge in [0.05, 0.1) is 5.69 Å². The van der Waals surface area contributed by atoms with Gasteiger partial charge in [-0.2, -0.15) is 8.42 Å². The summed E-state index contributed by atoms with van der Waals surface area (Å²) in [5, 5.41) is 10.6. The lowest BCUT2D eigenvalue weighted by Crippen LogP contribution is -2.34. The summed E-state index contributed by atoms with van der Waals surface area (Å²) in [4.78, 5) is 15.0. The first-order valence-electron chi connectivity index (χ1n) is 11.6. The van der Waals surface area contributed by atoms with E-state index in [0.29, 0.717) is 17.1 Å². The number of benzene rings is 2. The third-order valence-corrected chi connectivity index (χ3v) is 8.78. The Bertz CT molecular complexity index is 1390. The number of hydrogen-bond acceptors (Lipinski definition) is 6. The number of carbonyl (C=O) groups is 1. The van der Waals surface area contributed by atoms with Crippen LogP contribution < -0.4 is 9.04 Å². The van der Waals surface area contributed by atoms with Crippen LogP contribution in [0.15, 0.2) is 46.1 Å². The number of nitrogens with zero attached hydrogens (tertiary/aromatic N) is 2. The fraction of sp³-hybridized carbons (Fsp3) is 0.333. The van der Waals surface area contributed by atoms with Gasteiger partial charge in [-0.3, -0.25) is 4.31 Å². The number of aryl methyl sites for hydroxylation is 4. The van der Waals surface area contributed by atoms with Crippen molar-refractivity contribution < 1.29 is 23.1 Å². The van der Waals surface area contributed by atoms with Crippen LogP contribution in [0.25, 0.3) is 6.08 Å². The van der Waals surface area contributed by atoms with Crippen molar-refractivity contribution in [2.45, 2.75) is 52.5 Å². The van der Waals surface area contributed by atoms with Gasteiger partial charge in [0.25, 0.3) is 10.0 Å². The minimum Gasteiger partial charge on any atom is -0.487 e. The Labute approximate surface area is 217 Å². The van der Waals surface area contributed by atoms with Crippen LogP contribution in [0.1, 0.15) is 47.4 Å². The smallest absolute Gasteiger partial charge is 0.328 e. The average molecular weight is 529 g/mol. The standard InChI is InChI=1S/C27H32N2O5S2/c1-17(2)14-29(36(32,33)27-28-21(6)16-35-27)24-12-18(3)19(4)13-25(24)34-15-23-9-7-22(11-20(23)5)8-10-26(30)31/h7-13,16-17H,14-15H2,1-6H3,(H,30,31)/b10-8+. The minimum atomic E-state index is -3.89. The Balaban J connectivity index is 1.99. The van der Waals surface area contributed by atoms with E-state index in [-0.39, 0.29) is 23.4 Å². The van der Waals surface area contributed by atoms with Gasteiger partial charge in [0.2, 0.25) is 4.34 Å². The molecule has 1 aromatic heterocycles. The Morgan fingerprint density at radius 1 is 1.11 bits per heavy atom. The zero-order chi connectivity index (χ0) is 26.6. The molecule has 0 radical (unpaired) electrons. The molecule has 3 rings (SSSR count). The molecule has 0 atom stereocenters. The summed E-state index contributed by atoms with van der Waals surface area (Å²) in [7, 11) is -3.89. The molecule has 0 saturated carbocycles. The molecule has 0 fully saturated rings. The maximum atomic E-state index is 13.7. The van der Waals surface area contributed by atoms with Crippen LogP contribution in [0, 0.1) is 33.6 Å². The van der Waals surface area contributed by atoms with Crippen LogP contribution in [0.2, 0.25) is 0 Å². The van der Waals surface area contributed by atoms with E-state index in [1.165, 1.54) is 10.4 Å². The van der Waals surface area contributed by atoms with Crippen LogP contribution in [0.5, 0.6) is 5.75 Å². The van der Waals surface area contributed by atoms with E-state index in [1.807, 2.05) is 65.0 Å². The van der Waals surface area contributed by atoms with Crippen LogP contribution in [-0.4, -0.2) is 31.0 Å². The summed E-state index contributed by atoms with van der Waals surface area (Å²) in [5.41, 5.74) is 5.74. The van der Waals surface area contributed by atoms with Gasteiger partial charge in [-0.15, -0.1) is 11.3 Å².